The molecule has 0 radical (unpaired) electrons. The summed E-state index contributed by atoms with van der Waals surface area (Å²) < 4.78 is 4.44. The Bertz CT molecular complexity index is 964. The highest BCUT2D eigenvalue weighted by Crippen LogP contribution is 2.24. The third kappa shape index (κ3) is 1.83. The van der Waals surface area contributed by atoms with Gasteiger partial charge in [-0.15, -0.1) is 0 Å². The predicted molar refractivity (Wildman–Crippen MR) is 86.3 cm³/mol. The molecule has 2 nitrogen and oxygen atoms in total. The molecule has 0 atom stereocenters. The first-order chi connectivity index (χ1) is 10.2. The minimum Gasteiger partial charge on any atom is -0.235 e. The van der Waals surface area contributed by atoms with Crippen LogP contribution in [0.15, 0.2) is 67.0 Å². The van der Waals surface area contributed by atoms with Gasteiger partial charge in [-0.05, 0) is 24.6 Å². The number of aryl methyl sites for hydroxylation is 2. The second-order valence-corrected chi connectivity index (χ2v) is 5.57. The molecule has 0 N–H and O–H groups in total. The highest BCUT2D eigenvalue weighted by Gasteiger charge is 2.14. The zero-order chi connectivity index (χ0) is 14.4. The minimum absolute atomic E-state index is 1.23. The number of fused-ring (bicyclic) bond motifs is 3. The van der Waals surface area contributed by atoms with Gasteiger partial charge >= 0.3 is 0 Å². The van der Waals surface area contributed by atoms with Gasteiger partial charge < -0.3 is 0 Å². The Morgan fingerprint density at radius 1 is 0.905 bits per heavy atom. The molecule has 2 aromatic heterocycles. The quantitative estimate of drug-likeness (QED) is 0.465. The standard InChI is InChI=1S/C19H17N2/c1-14-7-3-5-9-17(14)19-12-16-11-15-8-4-6-10-18(15)21(16)13-20(19)2/h3-13H,1-2H3/q+1. The lowest BCUT2D eigenvalue weighted by Gasteiger charge is -2.06. The SMILES string of the molecule is Cc1ccccc1-c1cc2cc3ccccc3n2c[n+]1C. The van der Waals surface area contributed by atoms with Crippen LogP contribution in [0.2, 0.25) is 0 Å². The number of hydrogen-bond acceptors (Lipinski definition) is 0. The van der Waals surface area contributed by atoms with Crippen LogP contribution in [0.5, 0.6) is 0 Å². The Balaban J connectivity index is 2.06. The molecule has 4 rings (SSSR count). The Morgan fingerprint density at radius 3 is 2.52 bits per heavy atom. The molecule has 0 aliphatic rings. The molecule has 4 aromatic rings. The molecule has 21 heavy (non-hydrogen) atoms. The van der Waals surface area contributed by atoms with Gasteiger partial charge in [-0.1, -0.05) is 42.5 Å². The van der Waals surface area contributed by atoms with Gasteiger partial charge in [-0.2, -0.15) is 4.40 Å². The lowest BCUT2D eigenvalue weighted by Crippen LogP contribution is -2.32. The number of rotatable bonds is 1. The van der Waals surface area contributed by atoms with Crippen LogP contribution in [-0.2, 0) is 7.05 Å². The molecular weight excluding hydrogens is 256 g/mol. The highest BCUT2D eigenvalue weighted by atomic mass is 15.1. The summed E-state index contributed by atoms with van der Waals surface area (Å²) >= 11 is 0. The van der Waals surface area contributed by atoms with Crippen molar-refractivity contribution in [1.29, 1.82) is 0 Å². The van der Waals surface area contributed by atoms with E-state index < -0.39 is 0 Å². The lowest BCUT2D eigenvalue weighted by molar-refractivity contribution is -0.663. The fourth-order valence-corrected chi connectivity index (χ4v) is 3.04. The topological polar surface area (TPSA) is 8.29 Å². The van der Waals surface area contributed by atoms with Crippen molar-refractivity contribution in [2.24, 2.45) is 7.05 Å². The monoisotopic (exact) mass is 273 g/mol. The summed E-state index contributed by atoms with van der Waals surface area (Å²) in [7, 11) is 2.11. The number of nitrogens with zero attached hydrogens (tertiary/aromatic N) is 2. The smallest absolute Gasteiger partial charge is 0.235 e. The third-order valence-electron chi connectivity index (χ3n) is 4.15. The summed E-state index contributed by atoms with van der Waals surface area (Å²) in [6.07, 6.45) is 2.17. The molecule has 0 aliphatic heterocycles. The molecule has 2 heteroatoms. The molecule has 2 aromatic carbocycles. The number of hydrogen-bond donors (Lipinski definition) is 0. The van der Waals surface area contributed by atoms with E-state index in [-0.39, 0.29) is 0 Å². The van der Waals surface area contributed by atoms with Gasteiger partial charge in [0.2, 0.25) is 6.33 Å². The molecule has 2 heterocycles. The van der Waals surface area contributed by atoms with Crippen molar-refractivity contribution in [2.45, 2.75) is 6.92 Å². The van der Waals surface area contributed by atoms with E-state index in [4.69, 9.17) is 0 Å². The van der Waals surface area contributed by atoms with Crippen LogP contribution in [0.1, 0.15) is 5.56 Å². The fourth-order valence-electron chi connectivity index (χ4n) is 3.04. The average molecular weight is 273 g/mol. The largest absolute Gasteiger partial charge is 0.249 e. The maximum atomic E-state index is 2.27. The predicted octanol–water partition coefficient (Wildman–Crippen LogP) is 3.89. The van der Waals surface area contributed by atoms with E-state index in [2.05, 4.69) is 89.9 Å². The van der Waals surface area contributed by atoms with E-state index in [1.54, 1.807) is 0 Å². The summed E-state index contributed by atoms with van der Waals surface area (Å²) in [5, 5.41) is 1.28. The van der Waals surface area contributed by atoms with Crippen molar-refractivity contribution in [3.05, 3.63) is 72.6 Å². The first kappa shape index (κ1) is 12.2. The minimum atomic E-state index is 1.23. The van der Waals surface area contributed by atoms with Gasteiger partial charge in [0.1, 0.15) is 16.7 Å². The van der Waals surface area contributed by atoms with E-state index in [0.29, 0.717) is 0 Å². The second-order valence-electron chi connectivity index (χ2n) is 5.57. The third-order valence-corrected chi connectivity index (χ3v) is 4.15. The van der Waals surface area contributed by atoms with Crippen molar-refractivity contribution >= 4 is 16.4 Å². The molecule has 0 unspecified atom stereocenters. The van der Waals surface area contributed by atoms with E-state index in [9.17, 15) is 0 Å². The zero-order valence-electron chi connectivity index (χ0n) is 12.2. The maximum absolute atomic E-state index is 2.27. The summed E-state index contributed by atoms with van der Waals surface area (Å²) in [6.45, 7) is 2.16. The maximum Gasteiger partial charge on any atom is 0.249 e. The van der Waals surface area contributed by atoms with E-state index in [1.807, 2.05) is 0 Å². The van der Waals surface area contributed by atoms with Gasteiger partial charge in [-0.3, -0.25) is 0 Å². The van der Waals surface area contributed by atoms with Crippen molar-refractivity contribution in [3.8, 4) is 11.3 Å². The van der Waals surface area contributed by atoms with E-state index >= 15 is 0 Å². The van der Waals surface area contributed by atoms with E-state index in [0.717, 1.165) is 0 Å². The molecule has 0 saturated heterocycles. The molecular formula is C19H17N2+. The first-order valence-electron chi connectivity index (χ1n) is 7.19. The molecule has 0 saturated carbocycles. The zero-order valence-corrected chi connectivity index (χ0v) is 12.2. The molecule has 102 valence electrons. The summed E-state index contributed by atoms with van der Waals surface area (Å²) in [5.41, 5.74) is 6.30. The van der Waals surface area contributed by atoms with Crippen LogP contribution >= 0.6 is 0 Å². The van der Waals surface area contributed by atoms with Crippen molar-refractivity contribution in [3.63, 3.8) is 0 Å². The van der Waals surface area contributed by atoms with E-state index in [1.165, 1.54) is 33.2 Å². The van der Waals surface area contributed by atoms with Crippen LogP contribution in [0, 0.1) is 6.92 Å². The summed E-state index contributed by atoms with van der Waals surface area (Å²) in [4.78, 5) is 0. The summed E-state index contributed by atoms with van der Waals surface area (Å²) in [6, 6.07) is 21.5. The Kier molecular flexibility index (Phi) is 2.58. The lowest BCUT2D eigenvalue weighted by atomic mass is 10.1. The van der Waals surface area contributed by atoms with Crippen LogP contribution in [0.25, 0.3) is 27.7 Å². The van der Waals surface area contributed by atoms with Crippen LogP contribution < -0.4 is 4.57 Å². The highest BCUT2D eigenvalue weighted by molar-refractivity contribution is 5.87. The molecule has 0 bridgehead atoms. The number of para-hydroxylation sites is 1. The van der Waals surface area contributed by atoms with Crippen LogP contribution in [0.4, 0.5) is 0 Å². The first-order valence-corrected chi connectivity index (χ1v) is 7.19. The van der Waals surface area contributed by atoms with Gasteiger partial charge in [0.05, 0.1) is 7.05 Å². The van der Waals surface area contributed by atoms with Crippen molar-refractivity contribution < 1.29 is 4.57 Å². The Labute approximate surface area is 123 Å². The Morgan fingerprint density at radius 2 is 1.67 bits per heavy atom. The number of benzene rings is 2. The second kappa shape index (κ2) is 4.45. The average Bonchev–Trinajstić information content (AvgIpc) is 2.85. The summed E-state index contributed by atoms with van der Waals surface area (Å²) in [5.74, 6) is 0. The molecule has 0 fully saturated rings. The normalized spacial score (nSPS) is 11.3. The van der Waals surface area contributed by atoms with Gasteiger partial charge in [0.25, 0.3) is 0 Å². The molecule has 0 spiro atoms. The van der Waals surface area contributed by atoms with Crippen molar-refractivity contribution in [1.82, 2.24) is 4.40 Å². The van der Waals surface area contributed by atoms with Crippen LogP contribution in [0.3, 0.4) is 0 Å². The Hall–Kier alpha value is -2.61. The van der Waals surface area contributed by atoms with Gasteiger partial charge in [-0.25, -0.2) is 4.57 Å². The van der Waals surface area contributed by atoms with Gasteiger partial charge in [0, 0.05) is 17.0 Å². The van der Waals surface area contributed by atoms with Crippen LogP contribution in [-0.4, -0.2) is 4.40 Å². The van der Waals surface area contributed by atoms with Crippen molar-refractivity contribution in [2.75, 3.05) is 0 Å². The molecule has 0 amide bonds. The number of aromatic nitrogens is 2. The molecule has 0 aliphatic carbocycles. The fraction of sp³-hybridized carbons (Fsp3) is 0.105. The van der Waals surface area contributed by atoms with Gasteiger partial charge in [0.15, 0.2) is 0 Å².